The first-order valence-corrected chi connectivity index (χ1v) is 16.5. The Morgan fingerprint density at radius 2 is 0.667 bits per heavy atom. The fourth-order valence-electron chi connectivity index (χ4n) is 6.36. The maximum Gasteiger partial charge on any atom is 0.293 e. The highest BCUT2D eigenvalue weighted by Gasteiger charge is 2.28. The Bertz CT molecular complexity index is 1610. The van der Waals surface area contributed by atoms with Gasteiger partial charge in [-0.2, -0.15) is 0 Å². The fraction of sp³-hybridized carbons (Fsp3) is 0.444. The highest BCUT2D eigenvalue weighted by Crippen LogP contribution is 2.38. The number of nitrogens with zero attached hydrogens (tertiary/aromatic N) is 2. The number of halogens is 1. The SMILES string of the molecule is CC(C)(C)c1c2nc(c(C(C)(C)C)c3ccc([nH]3)c(C(C)(C)C)c3ccc([nH]3)c(C(C)(C)C)c3nc1C=C3)C=C2.[Al][Cl]. The van der Waals surface area contributed by atoms with Gasteiger partial charge in [-0.25, -0.2) is 9.97 Å². The van der Waals surface area contributed by atoms with Gasteiger partial charge in [0, 0.05) is 44.3 Å². The van der Waals surface area contributed by atoms with Crippen molar-refractivity contribution in [2.75, 3.05) is 0 Å². The normalized spacial score (nSPS) is 13.7. The lowest BCUT2D eigenvalue weighted by molar-refractivity contribution is 0.581. The number of aromatic nitrogens is 4. The number of rotatable bonds is 0. The Hall–Kier alpha value is -2.58. The average Bonchev–Trinajstić information content (AvgIpc) is 3.62. The highest BCUT2D eigenvalue weighted by molar-refractivity contribution is 6.80. The van der Waals surface area contributed by atoms with Crippen LogP contribution in [0.25, 0.3) is 46.4 Å². The molecule has 3 aromatic rings. The number of aromatic amines is 2. The first-order valence-electron chi connectivity index (χ1n) is 14.8. The topological polar surface area (TPSA) is 57.4 Å². The Morgan fingerprint density at radius 3 is 0.929 bits per heavy atom. The van der Waals surface area contributed by atoms with Crippen LogP contribution in [0.15, 0.2) is 24.3 Å². The lowest BCUT2D eigenvalue weighted by atomic mass is 9.84. The van der Waals surface area contributed by atoms with E-state index in [1.165, 1.54) is 22.3 Å². The summed E-state index contributed by atoms with van der Waals surface area (Å²) in [5.41, 5.74) is 12.9. The van der Waals surface area contributed by atoms with Crippen molar-refractivity contribution in [1.82, 2.24) is 19.9 Å². The first-order chi connectivity index (χ1) is 19.4. The van der Waals surface area contributed by atoms with E-state index in [-0.39, 0.29) is 21.7 Å². The summed E-state index contributed by atoms with van der Waals surface area (Å²) in [6.07, 6.45) is 8.72. The lowest BCUT2D eigenvalue weighted by Gasteiger charge is -2.22. The summed E-state index contributed by atoms with van der Waals surface area (Å²) in [6.45, 7) is 27.2. The zero-order valence-corrected chi connectivity index (χ0v) is 29.4. The first kappa shape index (κ1) is 32.3. The number of hydrogen-bond acceptors (Lipinski definition) is 2. The number of H-pyrrole nitrogens is 2. The molecule has 0 amide bonds. The molecule has 220 valence electrons. The van der Waals surface area contributed by atoms with Gasteiger partial charge in [-0.1, -0.05) is 83.1 Å². The zero-order valence-electron chi connectivity index (χ0n) is 27.5. The summed E-state index contributed by atoms with van der Waals surface area (Å²) in [5.74, 6) is 0. The summed E-state index contributed by atoms with van der Waals surface area (Å²) in [6, 6.07) is 8.92. The van der Waals surface area contributed by atoms with Crippen molar-refractivity contribution in [2.45, 2.75) is 105 Å². The molecule has 0 aliphatic carbocycles. The molecular weight excluding hydrogens is 551 g/mol. The Labute approximate surface area is 264 Å². The van der Waals surface area contributed by atoms with Crippen molar-refractivity contribution < 1.29 is 0 Å². The Balaban J connectivity index is 0.00000198. The zero-order chi connectivity index (χ0) is 31.4. The van der Waals surface area contributed by atoms with Gasteiger partial charge in [-0.3, -0.25) is 10.0 Å². The van der Waals surface area contributed by atoms with Gasteiger partial charge in [0.1, 0.15) is 0 Å². The Morgan fingerprint density at radius 1 is 0.429 bits per heavy atom. The standard InChI is InChI=1S/C36H46N4.Al.ClH/c1-33(2,3)29-21-13-15-23(37-21)30(34(4,5)6)25-17-19-27(39-25)32(36(10,11)12)28-20-18-26(40-28)31(35(7,8)9)24-16-14-22(29)38-24;;/h13-20,37-38H,1-12H3;;1H/q;+1;/p-1. The van der Waals surface area contributed by atoms with Gasteiger partial charge < -0.3 is 9.97 Å². The third-order valence-corrected chi connectivity index (χ3v) is 7.75. The molecule has 0 aromatic carbocycles. The fourth-order valence-corrected chi connectivity index (χ4v) is 6.36. The van der Waals surface area contributed by atoms with E-state index in [0.717, 1.165) is 44.8 Å². The van der Waals surface area contributed by atoms with Gasteiger partial charge in [0.05, 0.1) is 22.8 Å². The molecule has 0 unspecified atom stereocenters. The summed E-state index contributed by atoms with van der Waals surface area (Å²) in [4.78, 5) is 18.3. The molecule has 0 atom stereocenters. The molecule has 2 N–H and O–H groups in total. The molecular formula is C36H46AlClN4. The molecule has 42 heavy (non-hydrogen) atoms. The summed E-state index contributed by atoms with van der Waals surface area (Å²) in [7, 11) is 4.56. The van der Waals surface area contributed by atoms with E-state index in [0.29, 0.717) is 0 Å². The second kappa shape index (κ2) is 11.2. The molecule has 4 nitrogen and oxygen atoms in total. The van der Waals surface area contributed by atoms with Gasteiger partial charge in [-0.05, 0) is 70.2 Å². The van der Waals surface area contributed by atoms with Crippen LogP contribution in [0.1, 0.15) is 128 Å². The van der Waals surface area contributed by atoms with E-state index in [4.69, 9.17) is 9.97 Å². The molecule has 0 saturated heterocycles. The van der Waals surface area contributed by atoms with Crippen LogP contribution in [0.4, 0.5) is 0 Å². The summed E-state index contributed by atoms with van der Waals surface area (Å²) in [5, 5.41) is 0. The van der Waals surface area contributed by atoms with Crippen LogP contribution in [0.2, 0.25) is 0 Å². The molecule has 6 heteroatoms. The predicted octanol–water partition coefficient (Wildman–Crippen LogP) is 10.2. The van der Waals surface area contributed by atoms with Crippen molar-refractivity contribution in [1.29, 1.82) is 0 Å². The highest BCUT2D eigenvalue weighted by atomic mass is 35.6. The van der Waals surface area contributed by atoms with Crippen molar-refractivity contribution >= 4 is 71.8 Å². The number of nitrogens with one attached hydrogen (secondary N) is 2. The van der Waals surface area contributed by atoms with Crippen molar-refractivity contribution in [3.8, 4) is 0 Å². The van der Waals surface area contributed by atoms with Crippen LogP contribution in [0.5, 0.6) is 0 Å². The van der Waals surface area contributed by atoms with E-state index in [1.54, 1.807) is 0 Å². The summed E-state index contributed by atoms with van der Waals surface area (Å²) < 4.78 is 0. The molecule has 2 aliphatic heterocycles. The van der Waals surface area contributed by atoms with Crippen LogP contribution in [0.3, 0.4) is 0 Å². The van der Waals surface area contributed by atoms with Crippen molar-refractivity contribution in [2.24, 2.45) is 0 Å². The molecule has 2 aliphatic rings. The minimum atomic E-state index is -0.137. The molecule has 5 heterocycles. The van der Waals surface area contributed by atoms with Crippen LogP contribution in [-0.2, 0) is 21.7 Å². The van der Waals surface area contributed by atoms with Crippen LogP contribution < -0.4 is 0 Å². The van der Waals surface area contributed by atoms with E-state index in [1.807, 2.05) is 15.4 Å². The van der Waals surface area contributed by atoms with Gasteiger partial charge in [0.15, 0.2) is 0 Å². The maximum absolute atomic E-state index is 5.30. The number of fused-ring (bicyclic) bond motifs is 8. The molecule has 0 spiro atoms. The molecule has 2 radical (unpaired) electrons. The van der Waals surface area contributed by atoms with Gasteiger partial charge in [0.25, 0.3) is 15.4 Å². The van der Waals surface area contributed by atoms with E-state index in [9.17, 15) is 0 Å². The molecule has 0 fully saturated rings. The minimum absolute atomic E-state index is 0.0898. The van der Waals surface area contributed by atoms with E-state index in [2.05, 4.69) is 152 Å². The van der Waals surface area contributed by atoms with Crippen LogP contribution in [-0.4, -0.2) is 35.3 Å². The predicted molar refractivity (Wildman–Crippen MR) is 185 cm³/mol. The van der Waals surface area contributed by atoms with Crippen LogP contribution in [0, 0.1) is 0 Å². The van der Waals surface area contributed by atoms with E-state index >= 15 is 0 Å². The minimum Gasteiger partial charge on any atom is -0.355 e. The van der Waals surface area contributed by atoms with Crippen molar-refractivity contribution in [3.05, 3.63) is 69.3 Å². The second-order valence-corrected chi connectivity index (χ2v) is 15.5. The monoisotopic (exact) mass is 596 g/mol. The third-order valence-electron chi connectivity index (χ3n) is 7.75. The second-order valence-electron chi connectivity index (χ2n) is 15.5. The van der Waals surface area contributed by atoms with Crippen LogP contribution >= 0.6 is 10.0 Å². The Kier molecular flexibility index (Phi) is 8.60. The van der Waals surface area contributed by atoms with E-state index < -0.39 is 0 Å². The molecule has 0 saturated carbocycles. The van der Waals surface area contributed by atoms with Crippen molar-refractivity contribution in [3.63, 3.8) is 0 Å². The molecule has 8 bridgehead atoms. The summed E-state index contributed by atoms with van der Waals surface area (Å²) >= 11 is 1.89. The van der Waals surface area contributed by atoms with Gasteiger partial charge >= 0.3 is 0 Å². The maximum atomic E-state index is 5.30. The molecule has 3 aromatic heterocycles. The van der Waals surface area contributed by atoms with Gasteiger partial charge in [-0.15, -0.1) is 0 Å². The largest absolute Gasteiger partial charge is 0.355 e. The average molecular weight is 597 g/mol. The molecule has 5 rings (SSSR count). The third kappa shape index (κ3) is 6.21. The smallest absolute Gasteiger partial charge is 0.293 e. The number of hydrogen-bond donors (Lipinski definition) is 2. The quantitative estimate of drug-likeness (QED) is 0.175. The van der Waals surface area contributed by atoms with Gasteiger partial charge in [0.2, 0.25) is 0 Å². The lowest BCUT2D eigenvalue weighted by Crippen LogP contribution is -2.16.